The summed E-state index contributed by atoms with van der Waals surface area (Å²) in [4.78, 5) is 11.3. The molecular formula is C14H20O. The van der Waals surface area contributed by atoms with Crippen molar-refractivity contribution in [1.29, 1.82) is 0 Å². The quantitative estimate of drug-likeness (QED) is 0.629. The Hall–Kier alpha value is -1.03. The zero-order valence-corrected chi connectivity index (χ0v) is 10.0. The van der Waals surface area contributed by atoms with Gasteiger partial charge in [-0.1, -0.05) is 25.3 Å². The maximum Gasteiger partial charge on any atom is 0.155 e. The van der Waals surface area contributed by atoms with E-state index in [0.717, 1.165) is 31.3 Å². The molecule has 0 bridgehead atoms. The van der Waals surface area contributed by atoms with Crippen LogP contribution in [0.5, 0.6) is 0 Å². The van der Waals surface area contributed by atoms with Crippen LogP contribution in [0.3, 0.4) is 0 Å². The van der Waals surface area contributed by atoms with Crippen molar-refractivity contribution in [3.05, 3.63) is 11.6 Å². The van der Waals surface area contributed by atoms with Crippen molar-refractivity contribution in [2.24, 2.45) is 5.41 Å². The Kier molecular flexibility index (Phi) is 4.15. The third kappa shape index (κ3) is 2.72. The van der Waals surface area contributed by atoms with Gasteiger partial charge in [-0.2, -0.15) is 0 Å². The van der Waals surface area contributed by atoms with Gasteiger partial charge in [0.25, 0.3) is 0 Å². The normalized spacial score (nSPS) is 25.5. The second kappa shape index (κ2) is 5.16. The third-order valence-electron chi connectivity index (χ3n) is 3.24. The third-order valence-corrected chi connectivity index (χ3v) is 3.24. The number of ketones is 1. The van der Waals surface area contributed by atoms with Crippen LogP contribution >= 0.6 is 0 Å². The van der Waals surface area contributed by atoms with Crippen molar-refractivity contribution in [3.63, 3.8) is 0 Å². The molecule has 0 heterocycles. The maximum absolute atomic E-state index is 11.3. The zero-order chi connectivity index (χ0) is 11.3. The lowest BCUT2D eigenvalue weighted by molar-refractivity contribution is -0.115. The number of hydrogen-bond donors (Lipinski definition) is 0. The standard InChI is InChI=1S/C14H20O/c1-4-6-7-9-14(5-2)10-8-13(15)11-12(14)3/h11H,4-6,8,10H2,1-3H3. The highest BCUT2D eigenvalue weighted by atomic mass is 16.1. The number of carbonyl (C=O) groups is 1. The lowest BCUT2D eigenvalue weighted by Crippen LogP contribution is -2.25. The van der Waals surface area contributed by atoms with Gasteiger partial charge in [0.15, 0.2) is 5.78 Å². The van der Waals surface area contributed by atoms with E-state index in [1.54, 1.807) is 6.08 Å². The monoisotopic (exact) mass is 204 g/mol. The van der Waals surface area contributed by atoms with Gasteiger partial charge in [0.05, 0.1) is 5.41 Å². The van der Waals surface area contributed by atoms with E-state index in [4.69, 9.17) is 0 Å². The van der Waals surface area contributed by atoms with Crippen molar-refractivity contribution >= 4 is 5.78 Å². The van der Waals surface area contributed by atoms with Gasteiger partial charge in [0, 0.05) is 12.8 Å². The topological polar surface area (TPSA) is 17.1 Å². The fourth-order valence-corrected chi connectivity index (χ4v) is 2.05. The summed E-state index contributed by atoms with van der Waals surface area (Å²) in [6.45, 7) is 6.34. The minimum atomic E-state index is -0.0108. The Labute approximate surface area is 92.9 Å². The van der Waals surface area contributed by atoms with Gasteiger partial charge >= 0.3 is 0 Å². The van der Waals surface area contributed by atoms with E-state index in [2.05, 4.69) is 25.7 Å². The van der Waals surface area contributed by atoms with Crippen LogP contribution < -0.4 is 0 Å². The van der Waals surface area contributed by atoms with Gasteiger partial charge in [-0.3, -0.25) is 4.79 Å². The number of unbranched alkanes of at least 4 members (excludes halogenated alkanes) is 1. The molecule has 0 aliphatic heterocycles. The van der Waals surface area contributed by atoms with Gasteiger partial charge in [-0.25, -0.2) is 0 Å². The molecule has 0 saturated heterocycles. The molecule has 0 radical (unpaired) electrons. The van der Waals surface area contributed by atoms with E-state index >= 15 is 0 Å². The van der Waals surface area contributed by atoms with Crippen molar-refractivity contribution in [2.75, 3.05) is 0 Å². The minimum Gasteiger partial charge on any atom is -0.295 e. The van der Waals surface area contributed by atoms with E-state index in [9.17, 15) is 4.79 Å². The summed E-state index contributed by atoms with van der Waals surface area (Å²) in [5.74, 6) is 6.88. The van der Waals surface area contributed by atoms with Crippen LogP contribution in [0.25, 0.3) is 0 Å². The van der Waals surface area contributed by atoms with E-state index in [1.165, 1.54) is 0 Å². The predicted octanol–water partition coefficient (Wildman–Crippen LogP) is 3.50. The Morgan fingerprint density at radius 3 is 2.73 bits per heavy atom. The molecule has 0 N–H and O–H groups in total. The summed E-state index contributed by atoms with van der Waals surface area (Å²) in [6.07, 6.45) is 6.43. The van der Waals surface area contributed by atoms with Crippen LogP contribution in [0.1, 0.15) is 52.9 Å². The molecular weight excluding hydrogens is 184 g/mol. The van der Waals surface area contributed by atoms with Crippen LogP contribution in [0.2, 0.25) is 0 Å². The second-order valence-corrected chi connectivity index (χ2v) is 4.28. The number of rotatable bonds is 2. The fraction of sp³-hybridized carbons (Fsp3) is 0.643. The first-order valence-electron chi connectivity index (χ1n) is 5.86. The summed E-state index contributed by atoms with van der Waals surface area (Å²) in [5.41, 5.74) is 1.15. The number of allylic oxidation sites excluding steroid dienone is 2. The summed E-state index contributed by atoms with van der Waals surface area (Å²) in [6, 6.07) is 0. The van der Waals surface area contributed by atoms with Crippen LogP contribution in [0.15, 0.2) is 11.6 Å². The molecule has 0 aromatic heterocycles. The van der Waals surface area contributed by atoms with Crippen LogP contribution in [0.4, 0.5) is 0 Å². The minimum absolute atomic E-state index is 0.0108. The SMILES string of the molecule is CCCC#CC1(CC)CCC(=O)C=C1C. The molecule has 1 aliphatic carbocycles. The molecule has 1 heteroatoms. The van der Waals surface area contributed by atoms with E-state index in [0.29, 0.717) is 6.42 Å². The van der Waals surface area contributed by atoms with E-state index in [-0.39, 0.29) is 11.2 Å². The van der Waals surface area contributed by atoms with Gasteiger partial charge in [-0.05, 0) is 32.3 Å². The number of carbonyl (C=O) groups excluding carboxylic acids is 1. The van der Waals surface area contributed by atoms with Gasteiger partial charge in [0.2, 0.25) is 0 Å². The van der Waals surface area contributed by atoms with Gasteiger partial charge in [-0.15, -0.1) is 5.92 Å². The average Bonchev–Trinajstić information content (AvgIpc) is 2.22. The summed E-state index contributed by atoms with van der Waals surface area (Å²) in [7, 11) is 0. The molecule has 15 heavy (non-hydrogen) atoms. The molecule has 0 aromatic carbocycles. The van der Waals surface area contributed by atoms with Gasteiger partial charge in [0.1, 0.15) is 0 Å². The zero-order valence-electron chi connectivity index (χ0n) is 10.0. The van der Waals surface area contributed by atoms with Crippen LogP contribution in [-0.2, 0) is 4.79 Å². The lowest BCUT2D eigenvalue weighted by atomic mass is 9.71. The lowest BCUT2D eigenvalue weighted by Gasteiger charge is -2.31. The molecule has 82 valence electrons. The van der Waals surface area contributed by atoms with Crippen molar-refractivity contribution in [3.8, 4) is 11.8 Å². The first-order chi connectivity index (χ1) is 7.14. The molecule has 1 unspecified atom stereocenters. The molecule has 0 aromatic rings. The molecule has 0 fully saturated rings. The average molecular weight is 204 g/mol. The molecule has 0 spiro atoms. The number of hydrogen-bond acceptors (Lipinski definition) is 1. The smallest absolute Gasteiger partial charge is 0.155 e. The Morgan fingerprint density at radius 1 is 1.47 bits per heavy atom. The van der Waals surface area contributed by atoms with E-state index in [1.807, 2.05) is 6.92 Å². The highest BCUT2D eigenvalue weighted by molar-refractivity contribution is 5.91. The Balaban J connectivity index is 2.91. The highest BCUT2D eigenvalue weighted by Gasteiger charge is 2.31. The molecule has 1 nitrogen and oxygen atoms in total. The molecule has 1 atom stereocenters. The van der Waals surface area contributed by atoms with Crippen molar-refractivity contribution < 1.29 is 4.79 Å². The second-order valence-electron chi connectivity index (χ2n) is 4.28. The largest absolute Gasteiger partial charge is 0.295 e. The van der Waals surface area contributed by atoms with Crippen LogP contribution in [0, 0.1) is 17.3 Å². The first-order valence-corrected chi connectivity index (χ1v) is 5.86. The van der Waals surface area contributed by atoms with Crippen molar-refractivity contribution in [1.82, 2.24) is 0 Å². The summed E-state index contributed by atoms with van der Waals surface area (Å²) < 4.78 is 0. The van der Waals surface area contributed by atoms with Crippen LogP contribution in [-0.4, -0.2) is 5.78 Å². The maximum atomic E-state index is 11.3. The Morgan fingerprint density at radius 2 is 2.20 bits per heavy atom. The summed E-state index contributed by atoms with van der Waals surface area (Å²) >= 11 is 0. The predicted molar refractivity (Wildman–Crippen MR) is 63.4 cm³/mol. The highest BCUT2D eigenvalue weighted by Crippen LogP contribution is 2.38. The summed E-state index contributed by atoms with van der Waals surface area (Å²) in [5, 5.41) is 0. The first kappa shape index (κ1) is 12.0. The van der Waals surface area contributed by atoms with Crippen molar-refractivity contribution in [2.45, 2.75) is 52.9 Å². The molecule has 1 aliphatic rings. The molecule has 0 amide bonds. The van der Waals surface area contributed by atoms with Gasteiger partial charge < -0.3 is 0 Å². The Bertz CT molecular complexity index is 327. The molecule has 0 saturated carbocycles. The fourth-order valence-electron chi connectivity index (χ4n) is 2.05. The molecule has 1 rings (SSSR count). The van der Waals surface area contributed by atoms with E-state index < -0.39 is 0 Å².